The Kier molecular flexibility index (Phi) is 9.58. The summed E-state index contributed by atoms with van der Waals surface area (Å²) in [7, 11) is 0. The molecule has 0 fully saturated rings. The lowest BCUT2D eigenvalue weighted by Crippen LogP contribution is -2.15. The maximum absolute atomic E-state index is 6.71. The van der Waals surface area contributed by atoms with Gasteiger partial charge in [-0.3, -0.25) is 0 Å². The van der Waals surface area contributed by atoms with Crippen LogP contribution in [0.2, 0.25) is 0 Å². The van der Waals surface area contributed by atoms with Gasteiger partial charge in [-0.05, 0) is 163 Å². The number of hydrogen-bond donors (Lipinski definition) is 0. The highest BCUT2D eigenvalue weighted by Gasteiger charge is 2.36. The van der Waals surface area contributed by atoms with E-state index in [1.165, 1.54) is 66.1 Å². The number of fused-ring (bicyclic) bond motifs is 11. The molecule has 15 rings (SSSR count). The van der Waals surface area contributed by atoms with Gasteiger partial charge in [0.15, 0.2) is 11.2 Å². The Labute approximate surface area is 434 Å². The maximum atomic E-state index is 6.71. The van der Waals surface area contributed by atoms with E-state index in [1.807, 2.05) is 12.1 Å². The van der Waals surface area contributed by atoms with E-state index in [0.29, 0.717) is 0 Å². The standard InChI is InChI=1S/C71H48N2O2/c1-71(2)63-43-51-39-55(72(53-33-27-47(28-34-53)45-15-5-3-6-16-45)65-23-13-21-59-57-19-9-11-25-67(57)74-69(59)65)37-31-49(51)41-61(63)62-42-50-32-38-56(40-52(50)44-64(62)71)73(54-35-29-48(30-36-54)46-17-7-4-8-18-46)66-24-14-22-60-58-20-10-12-26-68(58)75-70(60)66/h3-44H,1-2H3. The molecule has 0 saturated heterocycles. The average molecular weight is 961 g/mol. The maximum Gasteiger partial charge on any atom is 0.159 e. The van der Waals surface area contributed by atoms with Crippen molar-refractivity contribution < 1.29 is 8.83 Å². The molecule has 0 atom stereocenters. The summed E-state index contributed by atoms with van der Waals surface area (Å²) in [5.74, 6) is 0. The third-order valence-corrected chi connectivity index (χ3v) is 15.8. The first-order valence-corrected chi connectivity index (χ1v) is 25.8. The van der Waals surface area contributed by atoms with Crippen molar-refractivity contribution in [2.75, 3.05) is 9.80 Å². The minimum Gasteiger partial charge on any atom is -0.454 e. The van der Waals surface area contributed by atoms with Crippen LogP contribution < -0.4 is 9.80 Å². The van der Waals surface area contributed by atoms with Crippen molar-refractivity contribution in [3.8, 4) is 33.4 Å². The molecule has 2 aromatic heterocycles. The molecule has 0 N–H and O–H groups in total. The molecule has 0 unspecified atom stereocenters. The lowest BCUT2D eigenvalue weighted by atomic mass is 9.81. The van der Waals surface area contributed by atoms with Crippen molar-refractivity contribution in [1.29, 1.82) is 0 Å². The van der Waals surface area contributed by atoms with Gasteiger partial charge in [0.1, 0.15) is 11.2 Å². The van der Waals surface area contributed by atoms with Gasteiger partial charge >= 0.3 is 0 Å². The summed E-state index contributed by atoms with van der Waals surface area (Å²) in [6.45, 7) is 4.77. The number of furan rings is 2. The number of para-hydroxylation sites is 4. The van der Waals surface area contributed by atoms with Crippen molar-refractivity contribution in [2.45, 2.75) is 19.3 Å². The highest BCUT2D eigenvalue weighted by Crippen LogP contribution is 2.53. The monoisotopic (exact) mass is 960 g/mol. The summed E-state index contributed by atoms with van der Waals surface area (Å²) < 4.78 is 13.4. The van der Waals surface area contributed by atoms with Crippen molar-refractivity contribution >= 4 is 99.5 Å². The molecule has 0 bridgehead atoms. The Hall–Kier alpha value is -9.64. The first-order valence-electron chi connectivity index (χ1n) is 25.8. The van der Waals surface area contributed by atoms with E-state index in [9.17, 15) is 0 Å². The van der Waals surface area contributed by atoms with Crippen LogP contribution in [0.4, 0.5) is 34.1 Å². The van der Waals surface area contributed by atoms with E-state index in [0.717, 1.165) is 78.0 Å². The highest BCUT2D eigenvalue weighted by atomic mass is 16.3. The Morgan fingerprint density at radius 1 is 0.293 bits per heavy atom. The zero-order valence-electron chi connectivity index (χ0n) is 41.5. The second-order valence-corrected chi connectivity index (χ2v) is 20.5. The second kappa shape index (κ2) is 16.7. The molecular weight excluding hydrogens is 913 g/mol. The van der Waals surface area contributed by atoms with Gasteiger partial charge in [0, 0.05) is 49.7 Å². The zero-order chi connectivity index (χ0) is 49.8. The fraction of sp³-hybridized carbons (Fsp3) is 0.0423. The van der Waals surface area contributed by atoms with Crippen molar-refractivity contribution in [1.82, 2.24) is 0 Å². The normalized spacial score (nSPS) is 12.8. The predicted molar refractivity (Wildman–Crippen MR) is 314 cm³/mol. The van der Waals surface area contributed by atoms with Crippen molar-refractivity contribution in [3.05, 3.63) is 266 Å². The molecule has 75 heavy (non-hydrogen) atoms. The highest BCUT2D eigenvalue weighted by molar-refractivity contribution is 6.12. The SMILES string of the molecule is CC1(C)c2cc3cc(N(c4ccc(-c5ccccc5)cc4)c4cccc5c4oc4ccccc45)ccc3cc2-c2cc3ccc(N(c4ccc(-c5ccccc5)cc4)c4cccc5c4oc4ccccc45)cc3cc21. The van der Waals surface area contributed by atoms with Gasteiger partial charge in [0.2, 0.25) is 0 Å². The number of rotatable bonds is 8. The summed E-state index contributed by atoms with van der Waals surface area (Å²) >= 11 is 0. The van der Waals surface area contributed by atoms with E-state index in [1.54, 1.807) is 0 Å². The molecule has 354 valence electrons. The molecule has 0 spiro atoms. The lowest BCUT2D eigenvalue weighted by Gasteiger charge is -2.27. The van der Waals surface area contributed by atoms with Gasteiger partial charge in [-0.1, -0.05) is 172 Å². The summed E-state index contributed by atoms with van der Waals surface area (Å²) in [5, 5.41) is 9.20. The lowest BCUT2D eigenvalue weighted by molar-refractivity contribution is 0.662. The Morgan fingerprint density at radius 2 is 0.667 bits per heavy atom. The van der Waals surface area contributed by atoms with E-state index in [4.69, 9.17) is 8.83 Å². The Morgan fingerprint density at radius 3 is 1.11 bits per heavy atom. The molecular formula is C71H48N2O2. The summed E-state index contributed by atoms with van der Waals surface area (Å²) in [6.07, 6.45) is 0. The van der Waals surface area contributed by atoms with Crippen LogP contribution in [0, 0.1) is 0 Å². The zero-order valence-corrected chi connectivity index (χ0v) is 41.5. The van der Waals surface area contributed by atoms with Crippen LogP contribution in [0.25, 0.3) is 98.8 Å². The molecule has 4 heteroatoms. The first-order chi connectivity index (χ1) is 36.9. The number of nitrogens with zero attached hydrogens (tertiary/aromatic N) is 2. The fourth-order valence-corrected chi connectivity index (χ4v) is 12.0. The van der Waals surface area contributed by atoms with Gasteiger partial charge < -0.3 is 18.6 Å². The number of anilines is 6. The van der Waals surface area contributed by atoms with E-state index in [-0.39, 0.29) is 5.41 Å². The summed E-state index contributed by atoms with van der Waals surface area (Å²) in [5.41, 5.74) is 19.4. The molecule has 0 radical (unpaired) electrons. The van der Waals surface area contributed by atoms with Crippen LogP contribution in [-0.4, -0.2) is 0 Å². The third kappa shape index (κ3) is 6.91. The van der Waals surface area contributed by atoms with Crippen molar-refractivity contribution in [3.63, 3.8) is 0 Å². The van der Waals surface area contributed by atoms with E-state index < -0.39 is 0 Å². The van der Waals surface area contributed by atoms with E-state index >= 15 is 0 Å². The van der Waals surface area contributed by atoms with Gasteiger partial charge in [-0.25, -0.2) is 0 Å². The van der Waals surface area contributed by atoms with Crippen LogP contribution in [0.1, 0.15) is 25.0 Å². The summed E-state index contributed by atoms with van der Waals surface area (Å²) in [6, 6.07) is 92.1. The molecule has 12 aromatic carbocycles. The molecule has 1 aliphatic rings. The first kappa shape index (κ1) is 43.0. The topological polar surface area (TPSA) is 32.8 Å². The van der Waals surface area contributed by atoms with E-state index in [2.05, 4.69) is 266 Å². The molecule has 0 aliphatic heterocycles. The third-order valence-electron chi connectivity index (χ3n) is 15.8. The molecule has 14 aromatic rings. The molecule has 2 heterocycles. The molecule has 0 saturated carbocycles. The molecule has 0 amide bonds. The second-order valence-electron chi connectivity index (χ2n) is 20.5. The Bertz CT molecular complexity index is 4260. The minimum atomic E-state index is -0.265. The average Bonchev–Trinajstić information content (AvgIpc) is 4.11. The predicted octanol–water partition coefficient (Wildman–Crippen LogP) is 20.4. The van der Waals surface area contributed by atoms with Gasteiger partial charge in [0.25, 0.3) is 0 Å². The van der Waals surface area contributed by atoms with Crippen molar-refractivity contribution in [2.24, 2.45) is 0 Å². The number of hydrogen-bond acceptors (Lipinski definition) is 4. The minimum absolute atomic E-state index is 0.265. The van der Waals surface area contributed by atoms with Gasteiger partial charge in [-0.15, -0.1) is 0 Å². The smallest absolute Gasteiger partial charge is 0.159 e. The molecule has 1 aliphatic carbocycles. The van der Waals surface area contributed by atoms with Crippen LogP contribution in [-0.2, 0) is 5.41 Å². The van der Waals surface area contributed by atoms with Crippen LogP contribution >= 0.6 is 0 Å². The Balaban J connectivity index is 0.843. The van der Waals surface area contributed by atoms with Crippen LogP contribution in [0.5, 0.6) is 0 Å². The van der Waals surface area contributed by atoms with Crippen LogP contribution in [0.15, 0.2) is 264 Å². The van der Waals surface area contributed by atoms with Gasteiger partial charge in [-0.2, -0.15) is 0 Å². The van der Waals surface area contributed by atoms with Gasteiger partial charge in [0.05, 0.1) is 11.4 Å². The molecule has 4 nitrogen and oxygen atoms in total. The number of benzene rings is 12. The van der Waals surface area contributed by atoms with Crippen LogP contribution in [0.3, 0.4) is 0 Å². The quantitative estimate of drug-likeness (QED) is 0.152. The largest absolute Gasteiger partial charge is 0.454 e. The summed E-state index contributed by atoms with van der Waals surface area (Å²) in [4.78, 5) is 4.71. The fourth-order valence-electron chi connectivity index (χ4n) is 12.0.